The molecule has 0 amide bonds. The van der Waals surface area contributed by atoms with Gasteiger partial charge in [-0.05, 0) is 16.6 Å². The van der Waals surface area contributed by atoms with Crippen LogP contribution >= 0.6 is 8.03 Å². The number of carbonyl (C=O) groups is 1. The van der Waals surface area contributed by atoms with Crippen LogP contribution in [-0.2, 0) is 9.36 Å². The van der Waals surface area contributed by atoms with Crippen molar-refractivity contribution in [2.75, 3.05) is 0 Å². The molecule has 0 aliphatic heterocycles. The predicted molar refractivity (Wildman–Crippen MR) is 61.4 cm³/mol. The Hall–Kier alpha value is -1.25. The Morgan fingerprint density at radius 3 is 2.75 bits per heavy atom. The molecular weight excluding hydrogens is 227 g/mol. The molecule has 0 spiro atoms. The van der Waals surface area contributed by atoms with Crippen molar-refractivity contribution < 1.29 is 19.4 Å². The van der Waals surface area contributed by atoms with Crippen molar-refractivity contribution in [1.82, 2.24) is 0 Å². The van der Waals surface area contributed by atoms with Crippen LogP contribution in [0.1, 0.15) is 12.8 Å². The summed E-state index contributed by atoms with van der Waals surface area (Å²) in [5.41, 5.74) is -0.408. The summed E-state index contributed by atoms with van der Waals surface area (Å²) >= 11 is 0. The summed E-state index contributed by atoms with van der Waals surface area (Å²) in [4.78, 5) is 20.3. The molecular formula is C11H14O4P+. The number of carboxylic acid groups (broad SMARTS) is 1. The van der Waals surface area contributed by atoms with E-state index < -0.39 is 25.6 Å². The smallest absolute Gasteiger partial charge is 0.481 e. The van der Waals surface area contributed by atoms with Crippen LogP contribution in [0.15, 0.2) is 36.5 Å². The number of hydrogen-bond acceptors (Lipinski definition) is 2. The van der Waals surface area contributed by atoms with E-state index >= 15 is 0 Å². The van der Waals surface area contributed by atoms with Gasteiger partial charge in [0.1, 0.15) is 5.92 Å². The SMILES string of the molecule is C=C1/C=C\C=C/CCC([P+](=O)O)C1C(=O)O. The summed E-state index contributed by atoms with van der Waals surface area (Å²) in [6.45, 7) is 3.65. The van der Waals surface area contributed by atoms with E-state index in [1.807, 2.05) is 6.08 Å². The highest BCUT2D eigenvalue weighted by Crippen LogP contribution is 2.37. The van der Waals surface area contributed by atoms with Gasteiger partial charge in [-0.1, -0.05) is 30.9 Å². The molecule has 16 heavy (non-hydrogen) atoms. The van der Waals surface area contributed by atoms with Crippen LogP contribution in [0.3, 0.4) is 0 Å². The summed E-state index contributed by atoms with van der Waals surface area (Å²) in [5.74, 6) is -2.08. The van der Waals surface area contributed by atoms with E-state index in [1.165, 1.54) is 0 Å². The second-order valence-corrected chi connectivity index (χ2v) is 4.89. The number of allylic oxidation sites excluding steroid dienone is 4. The van der Waals surface area contributed by atoms with Crippen LogP contribution in [0, 0.1) is 5.92 Å². The Balaban J connectivity index is 3.05. The highest BCUT2D eigenvalue weighted by atomic mass is 31.1. The Morgan fingerprint density at radius 1 is 1.50 bits per heavy atom. The predicted octanol–water partition coefficient (Wildman–Crippen LogP) is 2.25. The van der Waals surface area contributed by atoms with Crippen LogP contribution in [0.25, 0.3) is 0 Å². The molecule has 0 aromatic carbocycles. The van der Waals surface area contributed by atoms with Crippen LogP contribution in [0.2, 0.25) is 0 Å². The second-order valence-electron chi connectivity index (χ2n) is 3.63. The summed E-state index contributed by atoms with van der Waals surface area (Å²) in [5, 5.41) is 9.08. The lowest BCUT2D eigenvalue weighted by Gasteiger charge is -2.13. The minimum atomic E-state index is -2.52. The fraction of sp³-hybridized carbons (Fsp3) is 0.364. The molecule has 0 fully saturated rings. The van der Waals surface area contributed by atoms with E-state index in [2.05, 4.69) is 6.58 Å². The first-order valence-corrected chi connectivity index (χ1v) is 6.22. The fourth-order valence-electron chi connectivity index (χ4n) is 1.70. The quantitative estimate of drug-likeness (QED) is 0.727. The van der Waals surface area contributed by atoms with Gasteiger partial charge in [-0.25, -0.2) is 0 Å². The van der Waals surface area contributed by atoms with E-state index in [0.29, 0.717) is 18.4 Å². The standard InChI is InChI=1S/C11H13O4P/c1-8-6-4-2-3-5-7-9(16(14)15)10(8)11(12)13/h2-4,6,9-10H,1,5,7H2,(H-,12,13,14,15)/p+1/b3-2-,6-4-. The van der Waals surface area contributed by atoms with Gasteiger partial charge in [-0.2, -0.15) is 4.89 Å². The van der Waals surface area contributed by atoms with Crippen LogP contribution in [-0.4, -0.2) is 21.6 Å². The van der Waals surface area contributed by atoms with Crippen molar-refractivity contribution in [2.45, 2.75) is 18.5 Å². The molecule has 5 heteroatoms. The molecule has 0 aromatic heterocycles. The molecule has 0 heterocycles. The van der Waals surface area contributed by atoms with Gasteiger partial charge in [-0.15, -0.1) is 0 Å². The van der Waals surface area contributed by atoms with Gasteiger partial charge in [-0.3, -0.25) is 4.79 Å². The minimum Gasteiger partial charge on any atom is -0.481 e. The van der Waals surface area contributed by atoms with E-state index in [4.69, 9.17) is 5.11 Å². The fourth-order valence-corrected chi connectivity index (χ4v) is 2.64. The third kappa shape index (κ3) is 3.12. The second kappa shape index (κ2) is 5.73. The Labute approximate surface area is 94.9 Å². The molecule has 3 unspecified atom stereocenters. The molecule has 1 aliphatic carbocycles. The van der Waals surface area contributed by atoms with Gasteiger partial charge in [0.25, 0.3) is 0 Å². The lowest BCUT2D eigenvalue weighted by Crippen LogP contribution is -2.26. The zero-order valence-electron chi connectivity index (χ0n) is 8.74. The van der Waals surface area contributed by atoms with Gasteiger partial charge in [0.2, 0.25) is 5.66 Å². The number of carboxylic acids is 1. The average Bonchev–Trinajstić information content (AvgIpc) is 2.27. The molecule has 86 valence electrons. The summed E-state index contributed by atoms with van der Waals surface area (Å²) in [6.07, 6.45) is 7.88. The zero-order valence-corrected chi connectivity index (χ0v) is 9.64. The normalized spacial score (nSPS) is 30.8. The maximum atomic E-state index is 11.2. The van der Waals surface area contributed by atoms with Gasteiger partial charge in [0.15, 0.2) is 0 Å². The molecule has 1 rings (SSSR count). The lowest BCUT2D eigenvalue weighted by molar-refractivity contribution is -0.140. The molecule has 1 aliphatic rings. The van der Waals surface area contributed by atoms with Crippen LogP contribution < -0.4 is 0 Å². The molecule has 0 saturated heterocycles. The first-order valence-electron chi connectivity index (χ1n) is 4.94. The van der Waals surface area contributed by atoms with Crippen molar-refractivity contribution in [2.24, 2.45) is 5.92 Å². The van der Waals surface area contributed by atoms with E-state index in [-0.39, 0.29) is 0 Å². The van der Waals surface area contributed by atoms with E-state index in [0.717, 1.165) is 0 Å². The molecule has 3 atom stereocenters. The van der Waals surface area contributed by atoms with E-state index in [1.54, 1.807) is 18.2 Å². The summed E-state index contributed by atoms with van der Waals surface area (Å²) in [7, 11) is -2.52. The average molecular weight is 241 g/mol. The first-order chi connectivity index (χ1) is 7.54. The molecule has 0 radical (unpaired) electrons. The molecule has 2 N–H and O–H groups in total. The topological polar surface area (TPSA) is 74.6 Å². The zero-order chi connectivity index (χ0) is 12.1. The summed E-state index contributed by atoms with van der Waals surface area (Å²) < 4.78 is 11.2. The maximum Gasteiger partial charge on any atom is 0.509 e. The lowest BCUT2D eigenvalue weighted by atomic mass is 9.94. The van der Waals surface area contributed by atoms with Gasteiger partial charge < -0.3 is 5.11 Å². The van der Waals surface area contributed by atoms with Crippen LogP contribution in [0.4, 0.5) is 0 Å². The van der Waals surface area contributed by atoms with Gasteiger partial charge in [0.05, 0.1) is 0 Å². The Morgan fingerprint density at radius 2 is 2.19 bits per heavy atom. The summed E-state index contributed by atoms with van der Waals surface area (Å²) in [6, 6.07) is 0. The molecule has 0 aromatic rings. The minimum absolute atomic E-state index is 0.362. The van der Waals surface area contributed by atoms with Gasteiger partial charge in [0, 0.05) is 6.42 Å². The van der Waals surface area contributed by atoms with Crippen molar-refractivity contribution in [3.8, 4) is 0 Å². The first kappa shape index (κ1) is 12.8. The largest absolute Gasteiger partial charge is 0.509 e. The van der Waals surface area contributed by atoms with Crippen molar-refractivity contribution in [3.05, 3.63) is 36.5 Å². The van der Waals surface area contributed by atoms with Crippen molar-refractivity contribution >= 4 is 14.0 Å². The Kier molecular flexibility index (Phi) is 4.59. The third-order valence-electron chi connectivity index (χ3n) is 2.52. The van der Waals surface area contributed by atoms with Crippen molar-refractivity contribution in [3.63, 3.8) is 0 Å². The third-order valence-corrected chi connectivity index (χ3v) is 3.64. The van der Waals surface area contributed by atoms with Gasteiger partial charge >= 0.3 is 14.0 Å². The van der Waals surface area contributed by atoms with E-state index in [9.17, 15) is 14.3 Å². The maximum absolute atomic E-state index is 11.2. The number of rotatable bonds is 2. The highest BCUT2D eigenvalue weighted by molar-refractivity contribution is 7.39. The van der Waals surface area contributed by atoms with Crippen molar-refractivity contribution in [1.29, 1.82) is 0 Å². The number of hydrogen-bond donors (Lipinski definition) is 2. The number of aliphatic carboxylic acids is 1. The highest BCUT2D eigenvalue weighted by Gasteiger charge is 2.42. The Bertz CT molecular complexity index is 370. The monoisotopic (exact) mass is 241 g/mol. The molecule has 0 saturated carbocycles. The van der Waals surface area contributed by atoms with Crippen LogP contribution in [0.5, 0.6) is 0 Å². The molecule has 4 nitrogen and oxygen atoms in total. The molecule has 0 bridgehead atoms.